The number of aromatic amines is 1. The Labute approximate surface area is 114 Å². The maximum atomic E-state index is 8.91. The van der Waals surface area contributed by atoms with E-state index in [2.05, 4.69) is 35.2 Å². The third-order valence-corrected chi connectivity index (χ3v) is 2.75. The average molecular weight is 271 g/mol. The molecule has 3 heterocycles. The molecule has 8 heteroatoms. The SMILES string of the molecule is Cc1nc(NCc2cnc(CO)cn2)c2nc[nH]c2n1. The maximum absolute atomic E-state index is 8.91. The molecule has 3 aromatic heterocycles. The van der Waals surface area contributed by atoms with Gasteiger partial charge < -0.3 is 15.4 Å². The highest BCUT2D eigenvalue weighted by Gasteiger charge is 2.08. The molecule has 3 rings (SSSR count). The van der Waals surface area contributed by atoms with Crippen molar-refractivity contribution < 1.29 is 5.11 Å². The number of rotatable bonds is 4. The summed E-state index contributed by atoms with van der Waals surface area (Å²) in [6, 6.07) is 0. The zero-order chi connectivity index (χ0) is 13.9. The first-order valence-electron chi connectivity index (χ1n) is 6.08. The molecule has 0 aromatic carbocycles. The van der Waals surface area contributed by atoms with Crippen molar-refractivity contribution in [3.05, 3.63) is 35.9 Å². The number of H-pyrrole nitrogens is 1. The van der Waals surface area contributed by atoms with E-state index in [9.17, 15) is 0 Å². The number of aliphatic hydroxyl groups is 1. The first-order valence-corrected chi connectivity index (χ1v) is 6.08. The fourth-order valence-corrected chi connectivity index (χ4v) is 1.80. The number of fused-ring (bicyclic) bond motifs is 1. The minimum atomic E-state index is -0.111. The van der Waals surface area contributed by atoms with Crippen LogP contribution in [-0.2, 0) is 13.2 Å². The van der Waals surface area contributed by atoms with Gasteiger partial charge in [-0.25, -0.2) is 15.0 Å². The summed E-state index contributed by atoms with van der Waals surface area (Å²) >= 11 is 0. The van der Waals surface area contributed by atoms with Gasteiger partial charge in [-0.05, 0) is 6.92 Å². The number of aromatic nitrogens is 6. The number of anilines is 1. The number of nitrogens with zero attached hydrogens (tertiary/aromatic N) is 5. The molecule has 3 aromatic rings. The second-order valence-electron chi connectivity index (χ2n) is 4.23. The Kier molecular flexibility index (Phi) is 3.21. The van der Waals surface area contributed by atoms with Crippen molar-refractivity contribution in [3.63, 3.8) is 0 Å². The Morgan fingerprint density at radius 3 is 2.70 bits per heavy atom. The molecule has 0 unspecified atom stereocenters. The summed E-state index contributed by atoms with van der Waals surface area (Å²) in [6.07, 6.45) is 4.75. The molecule has 0 spiro atoms. The highest BCUT2D eigenvalue weighted by Crippen LogP contribution is 2.16. The summed E-state index contributed by atoms with van der Waals surface area (Å²) < 4.78 is 0. The molecule has 20 heavy (non-hydrogen) atoms. The standard InChI is InChI=1S/C12H13N7O/c1-7-18-11(10-12(19-7)17-6-16-10)15-3-8-2-14-9(5-20)4-13-8/h2,4,6,20H,3,5H2,1H3,(H2,15,16,17,18,19). The van der Waals surface area contributed by atoms with Crippen LogP contribution in [0.25, 0.3) is 11.2 Å². The van der Waals surface area contributed by atoms with Gasteiger partial charge in [0, 0.05) is 0 Å². The maximum Gasteiger partial charge on any atom is 0.163 e. The number of hydrogen-bond acceptors (Lipinski definition) is 7. The molecular formula is C12H13N7O. The zero-order valence-corrected chi connectivity index (χ0v) is 10.8. The molecule has 0 aliphatic carbocycles. The van der Waals surface area contributed by atoms with Gasteiger partial charge in [0.1, 0.15) is 11.3 Å². The molecule has 0 bridgehead atoms. The number of hydrogen-bond donors (Lipinski definition) is 3. The second kappa shape index (κ2) is 5.17. The van der Waals surface area contributed by atoms with Crippen LogP contribution in [0.5, 0.6) is 0 Å². The molecule has 3 N–H and O–H groups in total. The van der Waals surface area contributed by atoms with E-state index in [1.165, 1.54) is 0 Å². The molecule has 0 aliphatic rings. The van der Waals surface area contributed by atoms with Gasteiger partial charge in [0.05, 0.1) is 43.3 Å². The third-order valence-electron chi connectivity index (χ3n) is 2.75. The summed E-state index contributed by atoms with van der Waals surface area (Å²) in [5.41, 5.74) is 2.68. The van der Waals surface area contributed by atoms with E-state index in [1.54, 1.807) is 18.7 Å². The Bertz CT molecular complexity index is 722. The van der Waals surface area contributed by atoms with Crippen LogP contribution in [0.15, 0.2) is 18.7 Å². The van der Waals surface area contributed by atoms with E-state index >= 15 is 0 Å². The average Bonchev–Trinajstić information content (AvgIpc) is 2.93. The Morgan fingerprint density at radius 1 is 1.15 bits per heavy atom. The Morgan fingerprint density at radius 2 is 1.95 bits per heavy atom. The zero-order valence-electron chi connectivity index (χ0n) is 10.8. The number of aryl methyl sites for hydroxylation is 1. The van der Waals surface area contributed by atoms with E-state index in [-0.39, 0.29) is 6.61 Å². The van der Waals surface area contributed by atoms with Crippen LogP contribution in [0.3, 0.4) is 0 Å². The summed E-state index contributed by atoms with van der Waals surface area (Å²) in [5.74, 6) is 1.31. The molecule has 0 amide bonds. The van der Waals surface area contributed by atoms with Crippen LogP contribution in [0, 0.1) is 6.92 Å². The third kappa shape index (κ3) is 2.41. The van der Waals surface area contributed by atoms with E-state index in [1.807, 2.05) is 6.92 Å². The lowest BCUT2D eigenvalue weighted by molar-refractivity contribution is 0.276. The van der Waals surface area contributed by atoms with Crippen molar-refractivity contribution in [2.24, 2.45) is 0 Å². The lowest BCUT2D eigenvalue weighted by atomic mass is 10.4. The second-order valence-corrected chi connectivity index (χ2v) is 4.23. The van der Waals surface area contributed by atoms with Gasteiger partial charge in [0.25, 0.3) is 0 Å². The van der Waals surface area contributed by atoms with Crippen LogP contribution in [0.2, 0.25) is 0 Å². The highest BCUT2D eigenvalue weighted by atomic mass is 16.3. The topological polar surface area (TPSA) is 113 Å². The predicted molar refractivity (Wildman–Crippen MR) is 71.7 cm³/mol. The van der Waals surface area contributed by atoms with Crippen LogP contribution < -0.4 is 5.32 Å². The Hall–Kier alpha value is -2.61. The van der Waals surface area contributed by atoms with Gasteiger partial charge in [-0.1, -0.05) is 0 Å². The van der Waals surface area contributed by atoms with Gasteiger partial charge in [-0.2, -0.15) is 0 Å². The number of nitrogens with one attached hydrogen (secondary N) is 2. The molecule has 8 nitrogen and oxygen atoms in total. The van der Waals surface area contributed by atoms with E-state index in [4.69, 9.17) is 5.11 Å². The molecular weight excluding hydrogens is 258 g/mol. The molecule has 0 saturated carbocycles. The molecule has 0 atom stereocenters. The smallest absolute Gasteiger partial charge is 0.163 e. The largest absolute Gasteiger partial charge is 0.390 e. The highest BCUT2D eigenvalue weighted by molar-refractivity contribution is 5.82. The molecule has 0 radical (unpaired) electrons. The van der Waals surface area contributed by atoms with Crippen LogP contribution >= 0.6 is 0 Å². The van der Waals surface area contributed by atoms with Crippen LogP contribution in [0.1, 0.15) is 17.2 Å². The van der Waals surface area contributed by atoms with Crippen molar-refractivity contribution >= 4 is 17.0 Å². The minimum absolute atomic E-state index is 0.111. The van der Waals surface area contributed by atoms with Gasteiger partial charge in [-0.3, -0.25) is 9.97 Å². The quantitative estimate of drug-likeness (QED) is 0.635. The number of aliphatic hydroxyl groups excluding tert-OH is 1. The fourth-order valence-electron chi connectivity index (χ4n) is 1.80. The normalized spacial score (nSPS) is 10.9. The number of imidazole rings is 1. The van der Waals surface area contributed by atoms with Crippen molar-refractivity contribution in [2.45, 2.75) is 20.1 Å². The van der Waals surface area contributed by atoms with Crippen molar-refractivity contribution in [1.82, 2.24) is 29.9 Å². The first-order chi connectivity index (χ1) is 9.76. The summed E-state index contributed by atoms with van der Waals surface area (Å²) in [4.78, 5) is 24.0. The molecule has 0 aliphatic heterocycles. The minimum Gasteiger partial charge on any atom is -0.390 e. The summed E-state index contributed by atoms with van der Waals surface area (Å²) in [7, 11) is 0. The lowest BCUT2D eigenvalue weighted by Crippen LogP contribution is -2.06. The molecule has 102 valence electrons. The van der Waals surface area contributed by atoms with Crippen molar-refractivity contribution in [2.75, 3.05) is 5.32 Å². The van der Waals surface area contributed by atoms with E-state index < -0.39 is 0 Å². The summed E-state index contributed by atoms with van der Waals surface area (Å²) in [6.45, 7) is 2.18. The fraction of sp³-hybridized carbons (Fsp3) is 0.250. The lowest BCUT2D eigenvalue weighted by Gasteiger charge is -2.06. The van der Waals surface area contributed by atoms with Gasteiger partial charge >= 0.3 is 0 Å². The van der Waals surface area contributed by atoms with Gasteiger partial charge in [0.15, 0.2) is 11.5 Å². The van der Waals surface area contributed by atoms with E-state index in [0.29, 0.717) is 35.0 Å². The predicted octanol–water partition coefficient (Wildman–Crippen LogP) is 0.556. The van der Waals surface area contributed by atoms with Crippen molar-refractivity contribution in [3.8, 4) is 0 Å². The van der Waals surface area contributed by atoms with E-state index in [0.717, 1.165) is 5.69 Å². The first kappa shape index (κ1) is 12.4. The van der Waals surface area contributed by atoms with Crippen LogP contribution in [-0.4, -0.2) is 35.0 Å². The van der Waals surface area contributed by atoms with Gasteiger partial charge in [0.2, 0.25) is 0 Å². The summed E-state index contributed by atoms with van der Waals surface area (Å²) in [5, 5.41) is 12.1. The van der Waals surface area contributed by atoms with Crippen molar-refractivity contribution in [1.29, 1.82) is 0 Å². The monoisotopic (exact) mass is 271 g/mol. The van der Waals surface area contributed by atoms with Crippen LogP contribution in [0.4, 0.5) is 5.82 Å². The van der Waals surface area contributed by atoms with Gasteiger partial charge in [-0.15, -0.1) is 0 Å². The molecule has 0 saturated heterocycles. The molecule has 0 fully saturated rings. The Balaban J connectivity index is 1.80.